The number of methoxy groups -OCH3 is 1. The maximum Gasteiger partial charge on any atom is 0.569 e. The van der Waals surface area contributed by atoms with E-state index in [0.717, 1.165) is 18.4 Å². The van der Waals surface area contributed by atoms with Crippen molar-refractivity contribution in [2.24, 2.45) is 0 Å². The lowest BCUT2D eigenvalue weighted by Gasteiger charge is -2.13. The predicted molar refractivity (Wildman–Crippen MR) is 55.8 cm³/mol. The number of aromatic nitrogens is 1. The molecule has 0 bridgehead atoms. The first-order valence-corrected chi connectivity index (χ1v) is 4.89. The maximum absolute atomic E-state index is 11.6. The van der Waals surface area contributed by atoms with Crippen LogP contribution in [0.2, 0.25) is 0 Å². The van der Waals surface area contributed by atoms with E-state index in [4.69, 9.17) is 14.4 Å². The van der Waals surface area contributed by atoms with Gasteiger partial charge in [0.15, 0.2) is 0 Å². The topological polar surface area (TPSA) is 68.7 Å². The van der Waals surface area contributed by atoms with Crippen LogP contribution in [-0.4, -0.2) is 30.8 Å². The fourth-order valence-electron chi connectivity index (χ4n) is 1.74. The molecule has 2 rings (SSSR count). The van der Waals surface area contributed by atoms with Gasteiger partial charge in [0.1, 0.15) is 5.75 Å². The summed E-state index contributed by atoms with van der Waals surface area (Å²) >= 11 is 0. The van der Waals surface area contributed by atoms with Crippen molar-refractivity contribution < 1.29 is 19.2 Å². The Labute approximate surface area is 93.7 Å². The van der Waals surface area contributed by atoms with E-state index in [2.05, 4.69) is 4.98 Å². The van der Waals surface area contributed by atoms with Gasteiger partial charge in [-0.3, -0.25) is 9.78 Å². The van der Waals surface area contributed by atoms with E-state index in [1.807, 2.05) is 0 Å². The molecule has 0 unspecified atom stereocenters. The van der Waals surface area contributed by atoms with Crippen LogP contribution in [0.25, 0.3) is 0 Å². The Morgan fingerprint density at radius 2 is 2.31 bits per heavy atom. The molecule has 83 valence electrons. The molecule has 0 aromatic carbocycles. The van der Waals surface area contributed by atoms with Crippen molar-refractivity contribution in [1.82, 2.24) is 4.98 Å². The van der Waals surface area contributed by atoms with Crippen LogP contribution in [0.1, 0.15) is 18.4 Å². The van der Waals surface area contributed by atoms with Gasteiger partial charge in [-0.1, -0.05) is 0 Å². The van der Waals surface area contributed by atoms with E-state index >= 15 is 0 Å². The van der Waals surface area contributed by atoms with E-state index in [0.29, 0.717) is 13.4 Å². The van der Waals surface area contributed by atoms with Crippen molar-refractivity contribution in [3.8, 4) is 5.75 Å². The Bertz CT molecular complexity index is 406. The Hall–Kier alpha value is -1.56. The molecular weight excluding hydrogens is 209 g/mol. The number of rotatable bonds is 4. The molecule has 1 aliphatic rings. The monoisotopic (exact) mass is 220 g/mol. The first-order valence-electron chi connectivity index (χ1n) is 4.89. The fourth-order valence-corrected chi connectivity index (χ4v) is 1.74. The third kappa shape index (κ3) is 1.76. The quantitative estimate of drug-likeness (QED) is 0.579. The summed E-state index contributed by atoms with van der Waals surface area (Å²) in [5.41, 5.74) is 0.204. The van der Waals surface area contributed by atoms with Gasteiger partial charge in [-0.2, -0.15) is 0 Å². The lowest BCUT2D eigenvalue weighted by molar-refractivity contribution is -0.143. The molecule has 1 aromatic rings. The van der Waals surface area contributed by atoms with Crippen molar-refractivity contribution in [3.05, 3.63) is 24.0 Å². The van der Waals surface area contributed by atoms with Gasteiger partial charge in [-0.25, -0.2) is 0 Å². The molecule has 1 saturated carbocycles. The lowest BCUT2D eigenvalue weighted by atomic mass is 9.98. The highest BCUT2D eigenvalue weighted by Gasteiger charge is 2.52. The van der Waals surface area contributed by atoms with Crippen molar-refractivity contribution in [2.75, 3.05) is 7.11 Å². The molecule has 0 spiro atoms. The second kappa shape index (κ2) is 4.13. The number of carbonyl (C=O) groups is 1. The molecule has 1 N–H and O–H groups in total. The molecule has 0 saturated heterocycles. The van der Waals surface area contributed by atoms with Gasteiger partial charge in [0, 0.05) is 6.20 Å². The van der Waals surface area contributed by atoms with Crippen LogP contribution in [-0.2, 0) is 14.9 Å². The average molecular weight is 220 g/mol. The van der Waals surface area contributed by atoms with E-state index < -0.39 is 5.41 Å². The lowest BCUT2D eigenvalue weighted by Crippen LogP contribution is -2.22. The zero-order chi connectivity index (χ0) is 11.6. The summed E-state index contributed by atoms with van der Waals surface area (Å²) in [7, 11) is 1.95. The number of ether oxygens (including phenoxy) is 1. The highest BCUT2D eigenvalue weighted by atomic mass is 16.5. The summed E-state index contributed by atoms with van der Waals surface area (Å²) in [6, 6.07) is 1.68. The van der Waals surface area contributed by atoms with E-state index in [1.54, 1.807) is 12.3 Å². The molecule has 1 aromatic heterocycles. The Morgan fingerprint density at radius 1 is 1.56 bits per heavy atom. The SMILES string of the molecule is COC(=O)C1(c2cncc(O[B]O)c2)CC1. The van der Waals surface area contributed by atoms with Gasteiger partial charge in [-0.15, -0.1) is 0 Å². The maximum atomic E-state index is 11.6. The standard InChI is InChI=1S/C10H11BNO4/c1-15-9(13)10(2-3-10)7-4-8(16-11-14)6-12-5-7/h4-6,14H,2-3H2,1H3. The highest BCUT2D eigenvalue weighted by Crippen LogP contribution is 2.49. The third-order valence-corrected chi connectivity index (χ3v) is 2.78. The molecule has 16 heavy (non-hydrogen) atoms. The molecule has 5 nitrogen and oxygen atoms in total. The predicted octanol–water partition coefficient (Wildman–Crippen LogP) is 0.191. The second-order valence-corrected chi connectivity index (χ2v) is 3.71. The van der Waals surface area contributed by atoms with Gasteiger partial charge in [0.2, 0.25) is 0 Å². The number of pyridine rings is 1. The fraction of sp³-hybridized carbons (Fsp3) is 0.400. The minimum atomic E-state index is -0.559. The minimum Gasteiger partial charge on any atom is -0.536 e. The number of hydrogen-bond acceptors (Lipinski definition) is 5. The Balaban J connectivity index is 2.27. The number of nitrogens with zero attached hydrogens (tertiary/aromatic N) is 1. The molecule has 1 aliphatic carbocycles. The van der Waals surface area contributed by atoms with Crippen LogP contribution in [0.15, 0.2) is 18.5 Å². The van der Waals surface area contributed by atoms with E-state index in [-0.39, 0.29) is 5.97 Å². The van der Waals surface area contributed by atoms with Crippen LogP contribution in [0, 0.1) is 0 Å². The molecule has 6 heteroatoms. The Kier molecular flexibility index (Phi) is 2.83. The van der Waals surface area contributed by atoms with Crippen LogP contribution in [0.5, 0.6) is 5.75 Å². The summed E-state index contributed by atoms with van der Waals surface area (Å²) in [6.07, 6.45) is 4.60. The van der Waals surface area contributed by atoms with Gasteiger partial charge >= 0.3 is 13.7 Å². The molecule has 1 radical (unpaired) electrons. The molecule has 1 fully saturated rings. The number of carbonyl (C=O) groups excluding carboxylic acids is 1. The van der Waals surface area contributed by atoms with Crippen molar-refractivity contribution >= 4 is 13.7 Å². The first-order chi connectivity index (χ1) is 7.73. The summed E-state index contributed by atoms with van der Waals surface area (Å²) in [6.45, 7) is 0. The average Bonchev–Trinajstić information content (AvgIpc) is 3.10. The zero-order valence-electron chi connectivity index (χ0n) is 8.84. The second-order valence-electron chi connectivity index (χ2n) is 3.71. The summed E-state index contributed by atoms with van der Waals surface area (Å²) in [5, 5.41) is 8.52. The van der Waals surface area contributed by atoms with Crippen molar-refractivity contribution in [3.63, 3.8) is 0 Å². The molecular formula is C10H11BNO4. The normalized spacial score (nSPS) is 16.4. The summed E-state index contributed by atoms with van der Waals surface area (Å²) in [5.74, 6) is 0.148. The van der Waals surface area contributed by atoms with Crippen LogP contribution >= 0.6 is 0 Å². The largest absolute Gasteiger partial charge is 0.569 e. The smallest absolute Gasteiger partial charge is 0.536 e. The number of hydrogen-bond donors (Lipinski definition) is 1. The van der Waals surface area contributed by atoms with Gasteiger partial charge in [0.05, 0.1) is 18.7 Å². The Morgan fingerprint density at radius 3 is 2.88 bits per heavy atom. The van der Waals surface area contributed by atoms with Crippen molar-refractivity contribution in [1.29, 1.82) is 0 Å². The third-order valence-electron chi connectivity index (χ3n) is 2.78. The van der Waals surface area contributed by atoms with Crippen LogP contribution in [0.4, 0.5) is 0 Å². The van der Waals surface area contributed by atoms with Crippen LogP contribution in [0.3, 0.4) is 0 Å². The molecule has 0 aliphatic heterocycles. The van der Waals surface area contributed by atoms with Crippen LogP contribution < -0.4 is 4.65 Å². The summed E-state index contributed by atoms with van der Waals surface area (Å²) < 4.78 is 9.57. The van der Waals surface area contributed by atoms with Crippen molar-refractivity contribution in [2.45, 2.75) is 18.3 Å². The van der Waals surface area contributed by atoms with E-state index in [1.165, 1.54) is 13.3 Å². The zero-order valence-corrected chi connectivity index (χ0v) is 8.84. The molecule has 1 heterocycles. The molecule has 0 atom stereocenters. The van der Waals surface area contributed by atoms with Gasteiger partial charge < -0.3 is 14.4 Å². The van der Waals surface area contributed by atoms with E-state index in [9.17, 15) is 4.79 Å². The minimum absolute atomic E-state index is 0.251. The van der Waals surface area contributed by atoms with Gasteiger partial charge in [-0.05, 0) is 24.5 Å². The summed E-state index contributed by atoms with van der Waals surface area (Å²) in [4.78, 5) is 15.6. The number of esters is 1. The first kappa shape index (κ1) is 10.9. The highest BCUT2D eigenvalue weighted by molar-refractivity contribution is 6.17. The molecule has 0 amide bonds. The van der Waals surface area contributed by atoms with Gasteiger partial charge in [0.25, 0.3) is 0 Å².